The van der Waals surface area contributed by atoms with Gasteiger partial charge >= 0.3 is 0 Å². The molecule has 1 aliphatic rings. The van der Waals surface area contributed by atoms with Gasteiger partial charge in [-0.15, -0.1) is 0 Å². The Morgan fingerprint density at radius 1 is 0.852 bits per heavy atom. The van der Waals surface area contributed by atoms with E-state index < -0.39 is 5.41 Å². The molecule has 0 aliphatic heterocycles. The predicted molar refractivity (Wildman–Crippen MR) is 119 cm³/mol. The van der Waals surface area contributed by atoms with Crippen LogP contribution in [0, 0.1) is 28.1 Å². The molecular formula is C24H46ClNO. The summed E-state index contributed by atoms with van der Waals surface area (Å²) in [4.78, 5) is 11.8. The van der Waals surface area contributed by atoms with E-state index in [0.29, 0.717) is 17.4 Å². The summed E-state index contributed by atoms with van der Waals surface area (Å²) < 4.78 is 0. The topological polar surface area (TPSA) is 29.1 Å². The molecule has 0 spiro atoms. The van der Waals surface area contributed by atoms with Crippen LogP contribution in [-0.4, -0.2) is 16.8 Å². The van der Waals surface area contributed by atoms with Crippen LogP contribution >= 0.6 is 11.6 Å². The molecule has 1 N–H and O–H groups in total. The molecule has 0 heterocycles. The highest BCUT2D eigenvalue weighted by Crippen LogP contribution is 2.51. The van der Waals surface area contributed by atoms with Gasteiger partial charge in [-0.25, -0.2) is 0 Å². The third-order valence-electron chi connectivity index (χ3n) is 6.94. The van der Waals surface area contributed by atoms with Gasteiger partial charge in [0.1, 0.15) is 0 Å². The molecule has 0 radical (unpaired) electrons. The van der Waals surface area contributed by atoms with Gasteiger partial charge in [-0.2, -0.15) is 0 Å². The fourth-order valence-electron chi connectivity index (χ4n) is 6.13. The minimum Gasteiger partial charge on any atom is -0.310 e. The zero-order valence-electron chi connectivity index (χ0n) is 19.8. The van der Waals surface area contributed by atoms with Crippen molar-refractivity contribution in [2.75, 3.05) is 0 Å². The first-order valence-electron chi connectivity index (χ1n) is 11.0. The second-order valence-corrected chi connectivity index (χ2v) is 12.6. The summed E-state index contributed by atoms with van der Waals surface area (Å²) in [6, 6.07) is 0.514. The molecule has 0 bridgehead atoms. The zero-order valence-corrected chi connectivity index (χ0v) is 20.5. The molecule has 27 heavy (non-hydrogen) atoms. The Morgan fingerprint density at radius 3 is 1.56 bits per heavy atom. The molecule has 3 heteroatoms. The van der Waals surface area contributed by atoms with Gasteiger partial charge in [-0.3, -0.25) is 4.79 Å². The lowest BCUT2D eigenvalue weighted by molar-refractivity contribution is -0.121. The molecule has 0 aromatic rings. The van der Waals surface area contributed by atoms with Crippen molar-refractivity contribution in [2.24, 2.45) is 28.1 Å². The van der Waals surface area contributed by atoms with Crippen LogP contribution in [-0.2, 0) is 4.79 Å². The monoisotopic (exact) mass is 399 g/mol. The molecular weight excluding hydrogens is 354 g/mol. The molecule has 0 unspecified atom stereocenters. The van der Waals surface area contributed by atoms with E-state index in [1.54, 1.807) is 0 Å². The van der Waals surface area contributed by atoms with Gasteiger partial charge in [0, 0.05) is 17.0 Å². The summed E-state index contributed by atoms with van der Waals surface area (Å²) in [5.41, 5.74) is 0.222. The molecule has 0 amide bonds. The highest BCUT2D eigenvalue weighted by Gasteiger charge is 2.43. The van der Waals surface area contributed by atoms with Crippen LogP contribution in [0.3, 0.4) is 0 Å². The van der Waals surface area contributed by atoms with E-state index in [-0.39, 0.29) is 16.2 Å². The maximum absolute atomic E-state index is 11.8. The van der Waals surface area contributed by atoms with Gasteiger partial charge in [0.2, 0.25) is 5.24 Å². The highest BCUT2D eigenvalue weighted by atomic mass is 35.5. The summed E-state index contributed by atoms with van der Waals surface area (Å²) in [5, 5.41) is 3.54. The second kappa shape index (κ2) is 8.74. The van der Waals surface area contributed by atoms with Crippen molar-refractivity contribution in [3.63, 3.8) is 0 Å². The van der Waals surface area contributed by atoms with Crippen molar-refractivity contribution in [3.05, 3.63) is 0 Å². The van der Waals surface area contributed by atoms with Crippen molar-refractivity contribution in [2.45, 2.75) is 119 Å². The number of halogens is 1. The fourth-order valence-corrected chi connectivity index (χ4v) is 6.19. The van der Waals surface area contributed by atoms with Crippen molar-refractivity contribution in [1.29, 1.82) is 0 Å². The van der Waals surface area contributed by atoms with E-state index in [0.717, 1.165) is 12.3 Å². The first-order valence-corrected chi connectivity index (χ1v) is 11.3. The maximum Gasteiger partial charge on any atom is 0.227 e. The van der Waals surface area contributed by atoms with E-state index in [2.05, 4.69) is 60.7 Å². The minimum absolute atomic E-state index is 0.154. The third-order valence-corrected chi connectivity index (χ3v) is 7.46. The standard InChI is InChI=1S/C24H46ClNO/c1-17(2)26-24(9,10)16-22(5,6)19-13-11-18(12-14-19)21(3,4)15-23(7,8)20(25)27/h17-19,26H,11-16H2,1-10H3. The van der Waals surface area contributed by atoms with Crippen LogP contribution in [0.5, 0.6) is 0 Å². The number of carbonyl (C=O) groups excluding carboxylic acids is 1. The van der Waals surface area contributed by atoms with Crippen LogP contribution in [0.15, 0.2) is 0 Å². The van der Waals surface area contributed by atoms with Crippen LogP contribution < -0.4 is 5.32 Å². The van der Waals surface area contributed by atoms with Gasteiger partial charge in [0.15, 0.2) is 0 Å². The largest absolute Gasteiger partial charge is 0.310 e. The van der Waals surface area contributed by atoms with Crippen molar-refractivity contribution in [1.82, 2.24) is 5.32 Å². The first kappa shape index (κ1) is 25.0. The summed E-state index contributed by atoms with van der Waals surface area (Å²) in [6.45, 7) is 22.7. The van der Waals surface area contributed by atoms with Gasteiger partial charge in [-0.05, 0) is 86.6 Å². The number of hydrogen-bond donors (Lipinski definition) is 1. The van der Waals surface area contributed by atoms with E-state index in [4.69, 9.17) is 11.6 Å². The zero-order chi connectivity index (χ0) is 21.3. The molecule has 0 aromatic carbocycles. The van der Waals surface area contributed by atoms with Crippen LogP contribution in [0.4, 0.5) is 0 Å². The van der Waals surface area contributed by atoms with E-state index in [1.807, 2.05) is 13.8 Å². The van der Waals surface area contributed by atoms with Gasteiger partial charge in [0.25, 0.3) is 0 Å². The fraction of sp³-hybridized carbons (Fsp3) is 0.958. The molecule has 0 atom stereocenters. The average molecular weight is 400 g/mol. The van der Waals surface area contributed by atoms with E-state index in [9.17, 15) is 4.79 Å². The van der Waals surface area contributed by atoms with Crippen molar-refractivity contribution >= 4 is 16.8 Å². The average Bonchev–Trinajstić information content (AvgIpc) is 2.43. The van der Waals surface area contributed by atoms with Gasteiger partial charge < -0.3 is 5.32 Å². The van der Waals surface area contributed by atoms with Gasteiger partial charge in [0.05, 0.1) is 0 Å². The Labute approximate surface area is 174 Å². The SMILES string of the molecule is CC(C)NC(C)(C)CC(C)(C)C1CCC(C(C)(C)CC(C)(C)C(=O)Cl)CC1. The van der Waals surface area contributed by atoms with Crippen LogP contribution in [0.2, 0.25) is 0 Å². The Morgan fingerprint density at radius 2 is 1.22 bits per heavy atom. The number of hydrogen-bond acceptors (Lipinski definition) is 2. The van der Waals surface area contributed by atoms with Crippen LogP contribution in [0.1, 0.15) is 108 Å². The van der Waals surface area contributed by atoms with Gasteiger partial charge in [-0.1, -0.05) is 55.4 Å². The minimum atomic E-state index is -0.437. The number of nitrogens with one attached hydrogen (secondary N) is 1. The Balaban J connectivity index is 2.70. The normalized spacial score (nSPS) is 23.0. The van der Waals surface area contributed by atoms with E-state index in [1.165, 1.54) is 32.1 Å². The Bertz CT molecular complexity index is 497. The third kappa shape index (κ3) is 7.35. The molecule has 1 aliphatic carbocycles. The highest BCUT2D eigenvalue weighted by molar-refractivity contribution is 6.64. The van der Waals surface area contributed by atoms with Crippen LogP contribution in [0.25, 0.3) is 0 Å². The molecule has 1 saturated carbocycles. The Kier molecular flexibility index (Phi) is 8.08. The lowest BCUT2D eigenvalue weighted by atomic mass is 9.59. The molecule has 1 rings (SSSR count). The number of rotatable bonds is 9. The smallest absolute Gasteiger partial charge is 0.227 e. The molecule has 2 nitrogen and oxygen atoms in total. The van der Waals surface area contributed by atoms with Crippen molar-refractivity contribution < 1.29 is 4.79 Å². The summed E-state index contributed by atoms with van der Waals surface area (Å²) >= 11 is 5.85. The quantitative estimate of drug-likeness (QED) is 0.415. The molecule has 160 valence electrons. The lowest BCUT2D eigenvalue weighted by Gasteiger charge is -2.47. The molecule has 0 aromatic heterocycles. The van der Waals surface area contributed by atoms with E-state index >= 15 is 0 Å². The number of carbonyl (C=O) groups is 1. The summed E-state index contributed by atoms with van der Waals surface area (Å²) in [6.07, 6.45) is 7.21. The molecule has 1 fully saturated rings. The Hall–Kier alpha value is -0.0800. The molecule has 0 saturated heterocycles. The lowest BCUT2D eigenvalue weighted by Crippen LogP contribution is -2.48. The summed E-state index contributed by atoms with van der Waals surface area (Å²) in [5.74, 6) is 1.46. The second-order valence-electron chi connectivity index (χ2n) is 12.2. The maximum atomic E-state index is 11.8. The predicted octanol–water partition coefficient (Wildman–Crippen LogP) is 7.19. The summed E-state index contributed by atoms with van der Waals surface area (Å²) in [7, 11) is 0. The first-order chi connectivity index (χ1) is 12.0. The van der Waals surface area contributed by atoms with Crippen molar-refractivity contribution in [3.8, 4) is 0 Å².